The van der Waals surface area contributed by atoms with Crippen LogP contribution < -0.4 is 0 Å². The number of unbranched alkanes of at least 4 members (excludes halogenated alkanes) is 5. The zero-order valence-electron chi connectivity index (χ0n) is 21.0. The molecule has 6 heteroatoms. The number of carbonyl (C=O) groups is 1. The van der Waals surface area contributed by atoms with Crippen LogP contribution in [0, 0.1) is 0 Å². The summed E-state index contributed by atoms with van der Waals surface area (Å²) in [6, 6.07) is 0. The van der Waals surface area contributed by atoms with Crippen LogP contribution >= 0.6 is 0 Å². The molecule has 0 fully saturated rings. The maximum absolute atomic E-state index is 11.1. The average Bonchev–Trinajstić information content (AvgIpc) is 2.63. The SMILES string of the molecule is CCC(/C=C/CC(/C=C/CCCCCCCC(=O)OC)O[Si](C)(C)C)O[Si](C)(C)C. The van der Waals surface area contributed by atoms with Gasteiger partial charge in [-0.15, -0.1) is 0 Å². The van der Waals surface area contributed by atoms with E-state index in [0.29, 0.717) is 6.42 Å². The van der Waals surface area contributed by atoms with Crippen molar-refractivity contribution in [3.63, 3.8) is 0 Å². The first-order valence-electron chi connectivity index (χ1n) is 11.7. The van der Waals surface area contributed by atoms with E-state index in [2.05, 4.69) is 75.2 Å². The highest BCUT2D eigenvalue weighted by molar-refractivity contribution is 6.70. The van der Waals surface area contributed by atoms with Gasteiger partial charge in [-0.25, -0.2) is 0 Å². The second-order valence-corrected chi connectivity index (χ2v) is 18.8. The summed E-state index contributed by atoms with van der Waals surface area (Å²) in [6.45, 7) is 15.6. The van der Waals surface area contributed by atoms with E-state index >= 15 is 0 Å². The summed E-state index contributed by atoms with van der Waals surface area (Å²) in [4.78, 5) is 11.1. The van der Waals surface area contributed by atoms with Gasteiger partial charge in [0, 0.05) is 6.42 Å². The number of methoxy groups -OCH3 is 1. The molecule has 0 aliphatic heterocycles. The minimum Gasteiger partial charge on any atom is -0.469 e. The third-order valence-electron chi connectivity index (χ3n) is 4.46. The fourth-order valence-electron chi connectivity index (χ4n) is 3.11. The van der Waals surface area contributed by atoms with Gasteiger partial charge in [0.25, 0.3) is 0 Å². The van der Waals surface area contributed by atoms with E-state index in [1.54, 1.807) is 0 Å². The maximum atomic E-state index is 11.1. The molecule has 0 rings (SSSR count). The lowest BCUT2D eigenvalue weighted by Crippen LogP contribution is -2.31. The predicted molar refractivity (Wildman–Crippen MR) is 134 cm³/mol. The fraction of sp³-hybridized carbons (Fsp3) is 0.792. The standard InChI is InChI=1S/C24H48O4Si2/c1-9-22(27-29(3,4)5)19-17-20-23(28-30(6,7)8)18-15-13-11-10-12-14-16-21-24(25)26-2/h15,17-19,22-23H,9-14,16,20-21H2,1-8H3/b18-15+,19-17+. The van der Waals surface area contributed by atoms with Crippen molar-refractivity contribution in [3.05, 3.63) is 24.3 Å². The minimum absolute atomic E-state index is 0.0993. The van der Waals surface area contributed by atoms with Gasteiger partial charge in [0.2, 0.25) is 0 Å². The fourth-order valence-corrected chi connectivity index (χ4v) is 5.35. The van der Waals surface area contributed by atoms with Gasteiger partial charge in [0.15, 0.2) is 16.6 Å². The molecule has 0 aromatic rings. The molecule has 0 aromatic carbocycles. The van der Waals surface area contributed by atoms with Gasteiger partial charge >= 0.3 is 5.97 Å². The Bertz CT molecular complexity index is 504. The van der Waals surface area contributed by atoms with Crippen LogP contribution in [0.4, 0.5) is 0 Å². The van der Waals surface area contributed by atoms with Crippen molar-refractivity contribution < 1.29 is 18.4 Å². The van der Waals surface area contributed by atoms with Crippen molar-refractivity contribution in [2.45, 2.75) is 116 Å². The van der Waals surface area contributed by atoms with E-state index < -0.39 is 16.6 Å². The first-order chi connectivity index (χ1) is 14.0. The van der Waals surface area contributed by atoms with Crippen molar-refractivity contribution in [2.24, 2.45) is 0 Å². The summed E-state index contributed by atoms with van der Waals surface area (Å²) in [5, 5.41) is 0. The molecule has 0 spiro atoms. The molecule has 0 radical (unpaired) electrons. The third kappa shape index (κ3) is 19.3. The molecule has 0 saturated carbocycles. The topological polar surface area (TPSA) is 44.8 Å². The molecule has 0 amide bonds. The minimum atomic E-state index is -1.59. The van der Waals surface area contributed by atoms with Gasteiger partial charge in [0.05, 0.1) is 19.3 Å². The highest BCUT2D eigenvalue weighted by Crippen LogP contribution is 2.16. The van der Waals surface area contributed by atoms with E-state index in [1.807, 2.05) is 0 Å². The van der Waals surface area contributed by atoms with E-state index in [-0.39, 0.29) is 18.2 Å². The molecule has 4 nitrogen and oxygen atoms in total. The first kappa shape index (κ1) is 29.3. The molecule has 0 aliphatic carbocycles. The number of hydrogen-bond donors (Lipinski definition) is 0. The summed E-state index contributed by atoms with van der Waals surface area (Å²) >= 11 is 0. The second-order valence-electron chi connectivity index (χ2n) is 9.92. The summed E-state index contributed by atoms with van der Waals surface area (Å²) in [7, 11) is -1.66. The third-order valence-corrected chi connectivity index (χ3v) is 6.48. The van der Waals surface area contributed by atoms with Crippen LogP contribution in [0.15, 0.2) is 24.3 Å². The van der Waals surface area contributed by atoms with Crippen molar-refractivity contribution in [1.29, 1.82) is 0 Å². The Balaban J connectivity index is 4.36. The molecule has 2 unspecified atom stereocenters. The number of rotatable bonds is 17. The molecule has 176 valence electrons. The Kier molecular flexibility index (Phi) is 15.6. The Hall–Kier alpha value is -0.696. The van der Waals surface area contributed by atoms with Crippen LogP contribution in [0.3, 0.4) is 0 Å². The second kappa shape index (κ2) is 16.0. The quantitative estimate of drug-likeness (QED) is 0.100. The Morgan fingerprint density at radius 3 is 1.90 bits per heavy atom. The molecule has 0 heterocycles. The monoisotopic (exact) mass is 456 g/mol. The van der Waals surface area contributed by atoms with E-state index in [9.17, 15) is 4.79 Å². The Labute approximate surface area is 188 Å². The van der Waals surface area contributed by atoms with Gasteiger partial charge in [0.1, 0.15) is 0 Å². The van der Waals surface area contributed by atoms with Gasteiger partial charge < -0.3 is 13.6 Å². The smallest absolute Gasteiger partial charge is 0.305 e. The van der Waals surface area contributed by atoms with Crippen LogP contribution in [0.25, 0.3) is 0 Å². The van der Waals surface area contributed by atoms with Crippen LogP contribution in [0.1, 0.15) is 64.7 Å². The van der Waals surface area contributed by atoms with Crippen molar-refractivity contribution in [2.75, 3.05) is 7.11 Å². The average molecular weight is 457 g/mol. The van der Waals surface area contributed by atoms with Crippen LogP contribution in [0.5, 0.6) is 0 Å². The number of hydrogen-bond acceptors (Lipinski definition) is 4. The molecule has 0 N–H and O–H groups in total. The molecule has 0 aliphatic rings. The molecular formula is C24H48O4Si2. The molecule has 0 bridgehead atoms. The number of allylic oxidation sites excluding steroid dienone is 1. The van der Waals surface area contributed by atoms with E-state index in [0.717, 1.165) is 32.1 Å². The van der Waals surface area contributed by atoms with Crippen LogP contribution in [0.2, 0.25) is 39.3 Å². The Morgan fingerprint density at radius 2 is 1.33 bits per heavy atom. The lowest BCUT2D eigenvalue weighted by atomic mass is 10.1. The highest BCUT2D eigenvalue weighted by atomic mass is 28.4. The van der Waals surface area contributed by atoms with Crippen LogP contribution in [-0.4, -0.2) is 41.9 Å². The lowest BCUT2D eigenvalue weighted by molar-refractivity contribution is -0.140. The lowest BCUT2D eigenvalue weighted by Gasteiger charge is -2.25. The molecular weight excluding hydrogens is 408 g/mol. The largest absolute Gasteiger partial charge is 0.469 e. The summed E-state index contributed by atoms with van der Waals surface area (Å²) in [6.07, 6.45) is 18.5. The number of ether oxygens (including phenoxy) is 1. The van der Waals surface area contributed by atoms with Crippen molar-refractivity contribution in [1.82, 2.24) is 0 Å². The van der Waals surface area contributed by atoms with Gasteiger partial charge in [-0.2, -0.15) is 0 Å². The van der Waals surface area contributed by atoms with Crippen LogP contribution in [-0.2, 0) is 18.4 Å². The predicted octanol–water partition coefficient (Wildman–Crippen LogP) is 7.24. The summed E-state index contributed by atoms with van der Waals surface area (Å²) < 4.78 is 17.3. The van der Waals surface area contributed by atoms with Crippen molar-refractivity contribution >= 4 is 22.6 Å². The normalized spacial score (nSPS) is 15.1. The zero-order chi connectivity index (χ0) is 23.0. The zero-order valence-corrected chi connectivity index (χ0v) is 23.0. The molecule has 0 saturated heterocycles. The van der Waals surface area contributed by atoms with E-state index in [4.69, 9.17) is 8.85 Å². The van der Waals surface area contributed by atoms with Gasteiger partial charge in [-0.05, 0) is 71.4 Å². The number of carbonyl (C=O) groups excluding carboxylic acids is 1. The number of esters is 1. The highest BCUT2D eigenvalue weighted by Gasteiger charge is 2.20. The van der Waals surface area contributed by atoms with E-state index in [1.165, 1.54) is 26.4 Å². The molecule has 30 heavy (non-hydrogen) atoms. The van der Waals surface area contributed by atoms with Gasteiger partial charge in [-0.3, -0.25) is 4.79 Å². The first-order valence-corrected chi connectivity index (χ1v) is 18.5. The summed E-state index contributed by atoms with van der Waals surface area (Å²) in [5.41, 5.74) is 0. The summed E-state index contributed by atoms with van der Waals surface area (Å²) in [5.74, 6) is -0.0993. The molecule has 2 atom stereocenters. The van der Waals surface area contributed by atoms with Crippen molar-refractivity contribution in [3.8, 4) is 0 Å². The maximum Gasteiger partial charge on any atom is 0.305 e. The van der Waals surface area contributed by atoms with Gasteiger partial charge in [-0.1, -0.05) is 50.5 Å². The molecule has 0 aromatic heterocycles. The Morgan fingerprint density at radius 1 is 0.800 bits per heavy atom.